The Bertz CT molecular complexity index is 1140. The van der Waals surface area contributed by atoms with Crippen molar-refractivity contribution in [3.63, 3.8) is 0 Å². The van der Waals surface area contributed by atoms with E-state index in [4.69, 9.17) is 4.74 Å². The summed E-state index contributed by atoms with van der Waals surface area (Å²) in [5, 5.41) is 9.76. The number of thioether (sulfide) groups is 1. The largest absolute Gasteiger partial charge is 0.508 e. The first kappa shape index (κ1) is 28.6. The molecule has 3 rings (SSSR count). The maximum atomic E-state index is 12.9. The summed E-state index contributed by atoms with van der Waals surface area (Å²) in [5.74, 6) is -3.13. The van der Waals surface area contributed by atoms with Gasteiger partial charge in [-0.25, -0.2) is 0 Å². The number of hydrogen-bond donors (Lipinski definition) is 1. The van der Waals surface area contributed by atoms with Crippen molar-refractivity contribution in [1.29, 1.82) is 0 Å². The van der Waals surface area contributed by atoms with Crippen molar-refractivity contribution in [3.05, 3.63) is 95.6 Å². The second-order valence-corrected chi connectivity index (χ2v) is 9.64. The Balaban J connectivity index is 1.64. The standard InChI is InChI=1S/C29H29F5O2S/c1-2-26(21-7-4-3-5-8-21)27(22-9-13-24(35)14-10-22)23-11-15-25(16-12-23)36-18-20-37-19-6-17-28(30,31)29(32,33)34/h3-5,7-16,35H,2,6,17-20H2,1H3/b27-26+. The van der Waals surface area contributed by atoms with Gasteiger partial charge in [-0.3, -0.25) is 0 Å². The molecule has 0 saturated carbocycles. The van der Waals surface area contributed by atoms with Crippen molar-refractivity contribution in [1.82, 2.24) is 0 Å². The van der Waals surface area contributed by atoms with Crippen LogP contribution in [0.15, 0.2) is 78.9 Å². The summed E-state index contributed by atoms with van der Waals surface area (Å²) in [6, 6.07) is 24.8. The lowest BCUT2D eigenvalue weighted by Crippen LogP contribution is -2.36. The average Bonchev–Trinajstić information content (AvgIpc) is 2.88. The molecule has 2 nitrogen and oxygen atoms in total. The average molecular weight is 537 g/mol. The fourth-order valence-corrected chi connectivity index (χ4v) is 4.64. The van der Waals surface area contributed by atoms with Crippen LogP contribution < -0.4 is 4.74 Å². The van der Waals surface area contributed by atoms with Gasteiger partial charge in [-0.2, -0.15) is 33.7 Å². The highest BCUT2D eigenvalue weighted by atomic mass is 32.2. The molecule has 0 radical (unpaired) electrons. The Kier molecular flexibility index (Phi) is 10.0. The van der Waals surface area contributed by atoms with Crippen molar-refractivity contribution in [2.45, 2.75) is 38.3 Å². The molecule has 3 aromatic carbocycles. The van der Waals surface area contributed by atoms with Gasteiger partial charge >= 0.3 is 12.1 Å². The molecule has 0 unspecified atom stereocenters. The zero-order chi connectivity index (χ0) is 26.9. The second kappa shape index (κ2) is 13.0. The predicted octanol–water partition coefficient (Wildman–Crippen LogP) is 8.85. The number of phenols is 1. The Labute approximate surface area is 218 Å². The van der Waals surface area contributed by atoms with Crippen molar-refractivity contribution >= 4 is 22.9 Å². The van der Waals surface area contributed by atoms with E-state index in [0.29, 0.717) is 18.1 Å². The molecule has 0 bridgehead atoms. The molecule has 0 atom stereocenters. The number of allylic oxidation sites excluding steroid dienone is 1. The highest BCUT2D eigenvalue weighted by molar-refractivity contribution is 7.99. The van der Waals surface area contributed by atoms with Crippen LogP contribution in [0.5, 0.6) is 11.5 Å². The molecule has 0 aliphatic heterocycles. The zero-order valence-corrected chi connectivity index (χ0v) is 21.2. The van der Waals surface area contributed by atoms with E-state index < -0.39 is 18.5 Å². The monoisotopic (exact) mass is 536 g/mol. The number of aromatic hydroxyl groups is 1. The van der Waals surface area contributed by atoms with Gasteiger partial charge < -0.3 is 9.84 Å². The topological polar surface area (TPSA) is 29.5 Å². The minimum absolute atomic E-state index is 0.191. The highest BCUT2D eigenvalue weighted by Gasteiger charge is 2.56. The molecule has 3 aromatic rings. The van der Waals surface area contributed by atoms with E-state index in [2.05, 4.69) is 19.1 Å². The maximum Gasteiger partial charge on any atom is 0.453 e. The SMILES string of the molecule is CC/C(=C(/c1ccc(O)cc1)c1ccc(OCCSCCCC(F)(F)C(F)(F)F)cc1)c1ccccc1. The minimum Gasteiger partial charge on any atom is -0.508 e. The van der Waals surface area contributed by atoms with E-state index in [-0.39, 0.29) is 17.9 Å². The third-order valence-electron chi connectivity index (χ3n) is 5.77. The van der Waals surface area contributed by atoms with Crippen LogP contribution in [0.4, 0.5) is 22.0 Å². The summed E-state index contributed by atoms with van der Waals surface area (Å²) < 4.78 is 68.2. The van der Waals surface area contributed by atoms with Crippen LogP contribution in [-0.4, -0.2) is 35.3 Å². The van der Waals surface area contributed by atoms with Crippen molar-refractivity contribution in [2.24, 2.45) is 0 Å². The second-order valence-electron chi connectivity index (χ2n) is 8.41. The molecule has 37 heavy (non-hydrogen) atoms. The van der Waals surface area contributed by atoms with Gasteiger partial charge in [0, 0.05) is 12.2 Å². The molecular weight excluding hydrogens is 507 g/mol. The molecule has 0 fully saturated rings. The summed E-state index contributed by atoms with van der Waals surface area (Å²) in [5.41, 5.74) is 5.27. The van der Waals surface area contributed by atoms with Crippen molar-refractivity contribution in [3.8, 4) is 11.5 Å². The van der Waals surface area contributed by atoms with E-state index in [9.17, 15) is 27.1 Å². The van der Waals surface area contributed by atoms with Gasteiger partial charge in [0.2, 0.25) is 0 Å². The Morgan fingerprint density at radius 2 is 1.38 bits per heavy atom. The lowest BCUT2D eigenvalue weighted by molar-refractivity contribution is -0.284. The zero-order valence-electron chi connectivity index (χ0n) is 20.4. The van der Waals surface area contributed by atoms with Crippen LogP contribution in [0, 0.1) is 0 Å². The minimum atomic E-state index is -5.50. The fraction of sp³-hybridized carbons (Fsp3) is 0.310. The lowest BCUT2D eigenvalue weighted by atomic mass is 9.88. The predicted molar refractivity (Wildman–Crippen MR) is 140 cm³/mol. The third-order valence-corrected chi connectivity index (χ3v) is 6.80. The molecule has 8 heteroatoms. The van der Waals surface area contributed by atoms with Gasteiger partial charge in [-0.15, -0.1) is 0 Å². The van der Waals surface area contributed by atoms with Crippen LogP contribution in [0.2, 0.25) is 0 Å². The summed E-state index contributed by atoms with van der Waals surface area (Å²) in [6.45, 7) is 2.41. The van der Waals surface area contributed by atoms with Crippen LogP contribution >= 0.6 is 11.8 Å². The summed E-state index contributed by atoms with van der Waals surface area (Å²) in [6.07, 6.45) is -6.13. The van der Waals surface area contributed by atoms with E-state index in [1.807, 2.05) is 54.6 Å². The third kappa shape index (κ3) is 7.99. The van der Waals surface area contributed by atoms with Gasteiger partial charge in [0.1, 0.15) is 11.5 Å². The Morgan fingerprint density at radius 3 is 1.95 bits per heavy atom. The molecule has 0 aliphatic rings. The molecule has 0 heterocycles. The number of halogens is 5. The molecule has 0 amide bonds. The number of phenolic OH excluding ortho intramolecular Hbond substituents is 1. The molecule has 0 aliphatic carbocycles. The number of ether oxygens (including phenoxy) is 1. The first-order valence-corrected chi connectivity index (χ1v) is 13.1. The number of rotatable bonds is 12. The normalized spacial score (nSPS) is 12.8. The van der Waals surface area contributed by atoms with Gasteiger partial charge in [0.15, 0.2) is 0 Å². The quantitative estimate of drug-likeness (QED) is 0.142. The van der Waals surface area contributed by atoms with Crippen molar-refractivity contribution < 1.29 is 31.8 Å². The first-order valence-electron chi connectivity index (χ1n) is 12.0. The van der Waals surface area contributed by atoms with E-state index in [1.54, 1.807) is 12.1 Å². The maximum absolute atomic E-state index is 12.9. The van der Waals surface area contributed by atoms with Crippen molar-refractivity contribution in [2.75, 3.05) is 18.1 Å². The van der Waals surface area contributed by atoms with E-state index >= 15 is 0 Å². The van der Waals surface area contributed by atoms with Gasteiger partial charge in [-0.1, -0.05) is 61.5 Å². The number of benzene rings is 3. The van der Waals surface area contributed by atoms with Crippen LogP contribution in [0.1, 0.15) is 42.9 Å². The molecular formula is C29H29F5O2S. The van der Waals surface area contributed by atoms with E-state index in [1.165, 1.54) is 11.8 Å². The Morgan fingerprint density at radius 1 is 0.784 bits per heavy atom. The summed E-state index contributed by atoms with van der Waals surface area (Å²) in [7, 11) is 0. The Hall–Kier alpha value is -3.00. The molecule has 0 saturated heterocycles. The molecule has 0 spiro atoms. The number of hydrogen-bond acceptors (Lipinski definition) is 3. The van der Waals surface area contributed by atoms with Crippen LogP contribution in [0.25, 0.3) is 11.1 Å². The highest BCUT2D eigenvalue weighted by Crippen LogP contribution is 2.39. The summed E-state index contributed by atoms with van der Waals surface area (Å²) >= 11 is 1.28. The molecule has 1 N–H and O–H groups in total. The van der Waals surface area contributed by atoms with Crippen LogP contribution in [0.3, 0.4) is 0 Å². The van der Waals surface area contributed by atoms with E-state index in [0.717, 1.165) is 34.3 Å². The van der Waals surface area contributed by atoms with Gasteiger partial charge in [0.25, 0.3) is 0 Å². The number of alkyl halides is 5. The smallest absolute Gasteiger partial charge is 0.453 e. The molecule has 198 valence electrons. The fourth-order valence-electron chi connectivity index (χ4n) is 3.88. The van der Waals surface area contributed by atoms with Gasteiger partial charge in [-0.05, 0) is 70.7 Å². The first-order chi connectivity index (χ1) is 17.6. The van der Waals surface area contributed by atoms with Crippen LogP contribution in [-0.2, 0) is 0 Å². The molecule has 0 aromatic heterocycles. The lowest BCUT2D eigenvalue weighted by Gasteiger charge is -2.19. The van der Waals surface area contributed by atoms with Gasteiger partial charge in [0.05, 0.1) is 6.61 Å². The summed E-state index contributed by atoms with van der Waals surface area (Å²) in [4.78, 5) is 0.